The molecule has 0 spiro atoms. The Labute approximate surface area is 109 Å². The average Bonchev–Trinajstić information content (AvgIpc) is 2.92. The van der Waals surface area contributed by atoms with Crippen molar-refractivity contribution >= 4 is 0 Å². The van der Waals surface area contributed by atoms with Crippen LogP contribution < -0.4 is 10.1 Å². The van der Waals surface area contributed by atoms with Crippen LogP contribution in [-0.2, 0) is 0 Å². The molecule has 0 radical (unpaired) electrons. The number of likely N-dealkylation sites (N-methyl/N-ethyl adjacent to an activating group) is 1. The van der Waals surface area contributed by atoms with Gasteiger partial charge in [-0.3, -0.25) is 0 Å². The second kappa shape index (κ2) is 6.21. The molecule has 1 aliphatic rings. The minimum atomic E-state index is -0.443. The molecule has 1 aliphatic carbocycles. The smallest absolute Gasteiger partial charge is 0.122 e. The van der Waals surface area contributed by atoms with Gasteiger partial charge in [-0.05, 0) is 49.1 Å². The van der Waals surface area contributed by atoms with Crippen molar-refractivity contribution in [3.8, 4) is 5.75 Å². The minimum Gasteiger partial charge on any atom is -0.496 e. The number of hydrogen-bond donors (Lipinski definition) is 2. The molecule has 1 unspecified atom stereocenters. The molecule has 2 rings (SSSR count). The van der Waals surface area contributed by atoms with Gasteiger partial charge in [-0.2, -0.15) is 0 Å². The molecule has 100 valence electrons. The number of methoxy groups -OCH3 is 1. The molecule has 3 heteroatoms. The van der Waals surface area contributed by atoms with Crippen molar-refractivity contribution in [1.29, 1.82) is 0 Å². The van der Waals surface area contributed by atoms with Gasteiger partial charge in [-0.25, -0.2) is 0 Å². The maximum Gasteiger partial charge on any atom is 0.122 e. The Balaban J connectivity index is 2.26. The predicted octanol–water partition coefficient (Wildman–Crippen LogP) is 2.61. The lowest BCUT2D eigenvalue weighted by Crippen LogP contribution is -2.17. The zero-order chi connectivity index (χ0) is 13.0. The molecule has 1 atom stereocenters. The van der Waals surface area contributed by atoms with E-state index in [4.69, 9.17) is 4.74 Å². The van der Waals surface area contributed by atoms with Crippen LogP contribution in [0.25, 0.3) is 0 Å². The normalized spacial score (nSPS) is 17.9. The fourth-order valence-corrected chi connectivity index (χ4v) is 2.83. The molecular weight excluding hydrogens is 226 g/mol. The van der Waals surface area contributed by atoms with Crippen molar-refractivity contribution in [2.45, 2.75) is 37.7 Å². The van der Waals surface area contributed by atoms with Crippen molar-refractivity contribution in [3.63, 3.8) is 0 Å². The van der Waals surface area contributed by atoms with E-state index >= 15 is 0 Å². The van der Waals surface area contributed by atoms with Crippen LogP contribution in [-0.4, -0.2) is 25.8 Å². The van der Waals surface area contributed by atoms with Crippen LogP contribution in [0.15, 0.2) is 18.2 Å². The summed E-state index contributed by atoms with van der Waals surface area (Å²) in [6, 6.07) is 6.07. The van der Waals surface area contributed by atoms with Gasteiger partial charge in [-0.1, -0.05) is 18.9 Å². The number of ether oxygens (including phenoxy) is 1. The maximum absolute atomic E-state index is 10.0. The Bertz CT molecular complexity index is 386. The number of aliphatic hydroxyl groups is 1. The summed E-state index contributed by atoms with van der Waals surface area (Å²) in [4.78, 5) is 0. The summed E-state index contributed by atoms with van der Waals surface area (Å²) in [5.41, 5.74) is 2.25. The third kappa shape index (κ3) is 2.85. The molecule has 0 amide bonds. The van der Waals surface area contributed by atoms with Crippen LogP contribution in [0.5, 0.6) is 5.75 Å². The van der Waals surface area contributed by atoms with E-state index in [0.29, 0.717) is 12.5 Å². The van der Waals surface area contributed by atoms with Crippen molar-refractivity contribution in [1.82, 2.24) is 5.32 Å². The monoisotopic (exact) mass is 249 g/mol. The second-order valence-corrected chi connectivity index (χ2v) is 5.06. The predicted molar refractivity (Wildman–Crippen MR) is 73.1 cm³/mol. The summed E-state index contributed by atoms with van der Waals surface area (Å²) in [6.07, 6.45) is 4.64. The Morgan fingerprint density at radius 3 is 2.72 bits per heavy atom. The number of rotatable bonds is 5. The van der Waals surface area contributed by atoms with E-state index in [1.54, 1.807) is 7.11 Å². The first-order valence-electron chi connectivity index (χ1n) is 6.76. The Morgan fingerprint density at radius 2 is 2.11 bits per heavy atom. The summed E-state index contributed by atoms with van der Waals surface area (Å²) in [5, 5.41) is 13.1. The maximum atomic E-state index is 10.0. The van der Waals surface area contributed by atoms with Gasteiger partial charge >= 0.3 is 0 Å². The van der Waals surface area contributed by atoms with E-state index in [0.717, 1.165) is 11.3 Å². The van der Waals surface area contributed by atoms with Crippen LogP contribution in [0.3, 0.4) is 0 Å². The topological polar surface area (TPSA) is 41.5 Å². The van der Waals surface area contributed by atoms with Crippen LogP contribution in [0, 0.1) is 0 Å². The van der Waals surface area contributed by atoms with Crippen molar-refractivity contribution in [2.24, 2.45) is 0 Å². The Morgan fingerprint density at radius 1 is 1.39 bits per heavy atom. The molecule has 1 saturated carbocycles. The third-order valence-corrected chi connectivity index (χ3v) is 3.83. The Hall–Kier alpha value is -1.06. The lowest BCUT2D eigenvalue weighted by atomic mass is 9.93. The zero-order valence-electron chi connectivity index (χ0n) is 11.3. The molecule has 0 saturated heterocycles. The molecule has 3 nitrogen and oxygen atoms in total. The van der Waals surface area contributed by atoms with E-state index in [2.05, 4.69) is 11.4 Å². The van der Waals surface area contributed by atoms with Gasteiger partial charge in [0.05, 0.1) is 13.2 Å². The molecule has 0 aromatic heterocycles. The van der Waals surface area contributed by atoms with Crippen LogP contribution in [0.1, 0.15) is 48.8 Å². The fraction of sp³-hybridized carbons (Fsp3) is 0.600. The molecular formula is C15H23NO2. The summed E-state index contributed by atoms with van der Waals surface area (Å²) in [6.45, 7) is 0.580. The second-order valence-electron chi connectivity index (χ2n) is 5.06. The van der Waals surface area contributed by atoms with E-state index in [-0.39, 0.29) is 0 Å². The SMILES string of the molecule is CNCC(O)c1ccc(OC)c(C2CCCC2)c1. The molecule has 0 bridgehead atoms. The van der Waals surface area contributed by atoms with Crippen molar-refractivity contribution in [2.75, 3.05) is 20.7 Å². The van der Waals surface area contributed by atoms with Gasteiger partial charge < -0.3 is 15.2 Å². The van der Waals surface area contributed by atoms with Gasteiger partial charge in [0.15, 0.2) is 0 Å². The zero-order valence-corrected chi connectivity index (χ0v) is 11.3. The molecule has 0 heterocycles. The number of hydrogen-bond acceptors (Lipinski definition) is 3. The molecule has 18 heavy (non-hydrogen) atoms. The average molecular weight is 249 g/mol. The number of aliphatic hydroxyl groups excluding tert-OH is 1. The van der Waals surface area contributed by atoms with Crippen molar-refractivity contribution in [3.05, 3.63) is 29.3 Å². The van der Waals surface area contributed by atoms with Gasteiger partial charge in [0, 0.05) is 6.54 Å². The molecule has 0 aliphatic heterocycles. The van der Waals surface area contributed by atoms with Crippen LogP contribution in [0.2, 0.25) is 0 Å². The van der Waals surface area contributed by atoms with Crippen molar-refractivity contribution < 1.29 is 9.84 Å². The van der Waals surface area contributed by atoms with Gasteiger partial charge in [-0.15, -0.1) is 0 Å². The molecule has 2 N–H and O–H groups in total. The minimum absolute atomic E-state index is 0.443. The van der Waals surface area contributed by atoms with Crippen LogP contribution >= 0.6 is 0 Å². The highest BCUT2D eigenvalue weighted by Crippen LogP contribution is 2.39. The van der Waals surface area contributed by atoms with Crippen LogP contribution in [0.4, 0.5) is 0 Å². The fourth-order valence-electron chi connectivity index (χ4n) is 2.83. The van der Waals surface area contributed by atoms with E-state index in [1.165, 1.54) is 31.2 Å². The first-order chi connectivity index (χ1) is 8.76. The van der Waals surface area contributed by atoms with E-state index in [1.807, 2.05) is 19.2 Å². The molecule has 1 fully saturated rings. The Kier molecular flexibility index (Phi) is 4.61. The first-order valence-corrected chi connectivity index (χ1v) is 6.76. The quantitative estimate of drug-likeness (QED) is 0.843. The summed E-state index contributed by atoms with van der Waals surface area (Å²) in [7, 11) is 3.57. The summed E-state index contributed by atoms with van der Waals surface area (Å²) in [5.74, 6) is 1.56. The third-order valence-electron chi connectivity index (χ3n) is 3.83. The standard InChI is InChI=1S/C15H23NO2/c1-16-10-14(17)12-7-8-15(18-2)13(9-12)11-5-3-4-6-11/h7-9,11,14,16-17H,3-6,10H2,1-2H3. The highest BCUT2D eigenvalue weighted by molar-refractivity contribution is 5.41. The highest BCUT2D eigenvalue weighted by Gasteiger charge is 2.21. The van der Waals surface area contributed by atoms with Gasteiger partial charge in [0.2, 0.25) is 0 Å². The van der Waals surface area contributed by atoms with Gasteiger partial charge in [0.1, 0.15) is 5.75 Å². The molecule has 1 aromatic carbocycles. The van der Waals surface area contributed by atoms with E-state index in [9.17, 15) is 5.11 Å². The van der Waals surface area contributed by atoms with E-state index < -0.39 is 6.10 Å². The summed E-state index contributed by atoms with van der Waals surface area (Å²) < 4.78 is 5.46. The highest BCUT2D eigenvalue weighted by atomic mass is 16.5. The number of nitrogens with one attached hydrogen (secondary N) is 1. The largest absolute Gasteiger partial charge is 0.496 e. The van der Waals surface area contributed by atoms with Gasteiger partial charge in [0.25, 0.3) is 0 Å². The summed E-state index contributed by atoms with van der Waals surface area (Å²) >= 11 is 0. The first kappa shape index (κ1) is 13.4. The lowest BCUT2D eigenvalue weighted by molar-refractivity contribution is 0.177. The molecule has 1 aromatic rings. The lowest BCUT2D eigenvalue weighted by Gasteiger charge is -2.18. The number of benzene rings is 1.